The normalized spacial score (nSPS) is 24.0. The minimum atomic E-state index is -2.51. The number of likely N-dealkylation sites (tertiary alicyclic amines) is 1. The van der Waals surface area contributed by atoms with E-state index in [0.717, 1.165) is 11.3 Å². The van der Waals surface area contributed by atoms with Gasteiger partial charge in [0.1, 0.15) is 77.9 Å². The Morgan fingerprint density at radius 2 is 1.35 bits per heavy atom. The van der Waals surface area contributed by atoms with Crippen LogP contribution < -0.4 is 47.7 Å². The molecule has 0 radical (unpaired) electrons. The van der Waals surface area contributed by atoms with Crippen molar-refractivity contribution in [3.05, 3.63) is 51.6 Å². The highest BCUT2D eigenvalue weighted by Crippen LogP contribution is 2.53. The number of ether oxygens (including phenoxy) is 3. The summed E-state index contributed by atoms with van der Waals surface area (Å²) < 4.78 is 17.6. The molecule has 0 aromatic heterocycles. The van der Waals surface area contributed by atoms with Gasteiger partial charge in [0.2, 0.25) is 58.9 Å². The summed E-state index contributed by atoms with van der Waals surface area (Å²) in [6.45, 7) is 2.38. The van der Waals surface area contributed by atoms with Crippen molar-refractivity contribution < 1.29 is 122 Å². The van der Waals surface area contributed by atoms with Crippen molar-refractivity contribution >= 4 is 76.5 Å². The van der Waals surface area contributed by atoms with Gasteiger partial charge in [0, 0.05) is 61.8 Å². The monoisotopic (exact) mass is 1380 g/mol. The number of Topliss-reactive ketones (excluding diaryl/α,β-unsaturated/α-hetero) is 1. The fraction of sp³-hybridized carbons (Fsp3) is 0.609. The summed E-state index contributed by atoms with van der Waals surface area (Å²) in [6.07, 6.45) is -8.59. The number of carboxylic acids is 1. The first-order valence-corrected chi connectivity index (χ1v) is 32.3. The molecule has 98 heavy (non-hydrogen) atoms. The van der Waals surface area contributed by atoms with Gasteiger partial charge in [-0.3, -0.25) is 62.3 Å². The van der Waals surface area contributed by atoms with Gasteiger partial charge < -0.3 is 108 Å². The van der Waals surface area contributed by atoms with Crippen LogP contribution in [0.3, 0.4) is 0 Å². The summed E-state index contributed by atoms with van der Waals surface area (Å²) in [7, 11) is 1.25. The fourth-order valence-corrected chi connectivity index (χ4v) is 13.1. The molecule has 3 aliphatic carbocycles. The van der Waals surface area contributed by atoms with E-state index in [0.29, 0.717) is 25.7 Å². The smallest absolute Gasteiger partial charge is 0.303 e. The van der Waals surface area contributed by atoms with Crippen molar-refractivity contribution in [2.45, 2.75) is 202 Å². The zero-order valence-corrected chi connectivity index (χ0v) is 54.7. The van der Waals surface area contributed by atoms with Crippen LogP contribution in [-0.2, 0) is 68.6 Å². The molecule has 9 amide bonds. The number of aliphatic hydroxyl groups is 6. The van der Waals surface area contributed by atoms with Crippen LogP contribution in [0, 0.1) is 11.8 Å². The van der Waals surface area contributed by atoms with E-state index >= 15 is 0 Å². The lowest BCUT2D eigenvalue weighted by Crippen LogP contribution is -2.62. The van der Waals surface area contributed by atoms with Gasteiger partial charge >= 0.3 is 5.97 Å². The number of hydrogen-bond donors (Lipinski definition) is 17. The Labute approximate surface area is 561 Å². The van der Waals surface area contributed by atoms with Crippen molar-refractivity contribution in [3.63, 3.8) is 0 Å². The van der Waals surface area contributed by atoms with Crippen LogP contribution >= 0.6 is 0 Å². The van der Waals surface area contributed by atoms with Crippen LogP contribution in [0.15, 0.2) is 18.2 Å². The molecule has 0 bridgehead atoms. The topological polar surface area (TPSA) is 545 Å². The molecule has 2 heterocycles. The standard InChI is InChI=1S/C64H87N9O25/c1-27(2)18-36(59(90)68-35-20-46(97-29(4)52(35)83)98-41-22-64(95,42(78)26-76)21-33-48(41)56(87)50-49(54(33)85)53(84)32-12-9-13-40(96-5)47(32)55(50)86)69-60(91)37(24-74)71-58(89)34(14-15-43(65)79)67-63(94)51(30-10-7-6-8-11-30)72-61(92)38(25-75)70-57(88)28(3)66-62(93)39-19-31(77)23-73(39)44(80)16-17-45(81)82/h9,12-13,27-31,34-39,41,46,51-52,74-77,83,85,87,95H,6-8,10-11,14-26H2,1-5H3,(H2,65,79)(H,66,93)(H,67,94)(H,68,90)(H,69,91)(H,70,88)(H,71,89)(H,72,92)(H,81,82)/t28-,29-,31+,34-,35-,36-,37-,38-,39-,41-,46-,51-,52+,64-/m0/s1. The first kappa shape index (κ1) is 76.6. The third-order valence-electron chi connectivity index (χ3n) is 18.3. The number of benzene rings is 2. The third-order valence-corrected chi connectivity index (χ3v) is 18.3. The second-order valence-electron chi connectivity index (χ2n) is 25.8. The average molecular weight is 1380 g/mol. The van der Waals surface area contributed by atoms with Crippen LogP contribution in [0.25, 0.3) is 0 Å². The van der Waals surface area contributed by atoms with Crippen molar-refractivity contribution in [2.24, 2.45) is 17.6 Å². The molecule has 5 aliphatic rings. The number of ketones is 3. The highest BCUT2D eigenvalue weighted by Gasteiger charge is 2.51. The number of phenolic OH excluding ortho intramolecular Hbond substituents is 2. The van der Waals surface area contributed by atoms with Gasteiger partial charge in [-0.2, -0.15) is 0 Å². The largest absolute Gasteiger partial charge is 0.507 e. The molecule has 1 saturated carbocycles. The molecule has 34 nitrogen and oxygen atoms in total. The zero-order valence-electron chi connectivity index (χ0n) is 54.7. The van der Waals surface area contributed by atoms with Gasteiger partial charge in [-0.1, -0.05) is 45.2 Å². The number of hydrogen-bond acceptors (Lipinski definition) is 24. The molecule has 2 aliphatic heterocycles. The van der Waals surface area contributed by atoms with Crippen LogP contribution in [0.1, 0.15) is 160 Å². The number of amides is 9. The van der Waals surface area contributed by atoms with E-state index in [4.69, 9.17) is 25.1 Å². The maximum Gasteiger partial charge on any atom is 0.303 e. The molecular formula is C64H87N9O25. The van der Waals surface area contributed by atoms with Crippen molar-refractivity contribution in [1.29, 1.82) is 0 Å². The molecular weight excluding hydrogens is 1290 g/mol. The number of methoxy groups -OCH3 is 1. The summed E-state index contributed by atoms with van der Waals surface area (Å²) >= 11 is 0. The molecule has 0 spiro atoms. The lowest BCUT2D eigenvalue weighted by molar-refractivity contribution is -0.249. The highest BCUT2D eigenvalue weighted by atomic mass is 16.7. The molecule has 2 aromatic carbocycles. The summed E-state index contributed by atoms with van der Waals surface area (Å²) in [5.74, 6) is -15.8. The van der Waals surface area contributed by atoms with Crippen LogP contribution in [0.2, 0.25) is 0 Å². The Balaban J connectivity index is 1.03. The predicted molar refractivity (Wildman–Crippen MR) is 335 cm³/mol. The lowest BCUT2D eigenvalue weighted by atomic mass is 9.72. The summed E-state index contributed by atoms with van der Waals surface area (Å²) in [4.78, 5) is 176. The number of β-amino-alcohol motifs (C(OH)–C–C–N with tert-alkyl or cyclic N) is 1. The van der Waals surface area contributed by atoms with Gasteiger partial charge in [-0.15, -0.1) is 0 Å². The number of primary amides is 1. The molecule has 538 valence electrons. The van der Waals surface area contributed by atoms with Gasteiger partial charge in [-0.25, -0.2) is 0 Å². The minimum absolute atomic E-state index is 0.0284. The molecule has 2 aromatic rings. The molecule has 7 rings (SSSR count). The van der Waals surface area contributed by atoms with E-state index < -0.39 is 254 Å². The van der Waals surface area contributed by atoms with Crippen LogP contribution in [-0.4, -0.2) is 239 Å². The number of nitrogens with zero attached hydrogens (tertiary/aromatic N) is 1. The van der Waals surface area contributed by atoms with E-state index in [2.05, 4.69) is 37.2 Å². The molecule has 0 unspecified atom stereocenters. The van der Waals surface area contributed by atoms with Gasteiger partial charge in [-0.05, 0) is 57.4 Å². The number of carbonyl (C=O) groups excluding carboxylic acids is 12. The van der Waals surface area contributed by atoms with Crippen LogP contribution in [0.5, 0.6) is 17.2 Å². The molecule has 18 N–H and O–H groups in total. The van der Waals surface area contributed by atoms with Gasteiger partial charge in [0.15, 0.2) is 17.9 Å². The number of aliphatic hydroxyl groups excluding tert-OH is 5. The average Bonchev–Trinajstić information content (AvgIpc) is 0.770. The predicted octanol–water partition coefficient (Wildman–Crippen LogP) is -4.21. The number of carbonyl (C=O) groups is 13. The Morgan fingerprint density at radius 3 is 1.96 bits per heavy atom. The Kier molecular flexibility index (Phi) is 25.9. The number of phenols is 2. The molecule has 34 heteroatoms. The summed E-state index contributed by atoms with van der Waals surface area (Å²) in [6, 6.07) is -8.15. The van der Waals surface area contributed by atoms with E-state index in [1.165, 1.54) is 39.2 Å². The van der Waals surface area contributed by atoms with Crippen molar-refractivity contribution in [2.75, 3.05) is 33.5 Å². The second kappa shape index (κ2) is 33.2. The zero-order chi connectivity index (χ0) is 72.4. The first-order valence-electron chi connectivity index (χ1n) is 32.3. The number of carboxylic acid groups (broad SMARTS) is 1. The molecule has 3 fully saturated rings. The second-order valence-corrected chi connectivity index (χ2v) is 25.8. The number of aromatic hydroxyl groups is 2. The van der Waals surface area contributed by atoms with Crippen molar-refractivity contribution in [1.82, 2.24) is 42.1 Å². The van der Waals surface area contributed by atoms with Crippen LogP contribution in [0.4, 0.5) is 0 Å². The number of aliphatic carboxylic acids is 1. The lowest BCUT2D eigenvalue weighted by Gasteiger charge is -2.43. The number of nitrogens with two attached hydrogens (primary N) is 1. The maximum absolute atomic E-state index is 14.4. The minimum Gasteiger partial charge on any atom is -0.507 e. The van der Waals surface area contributed by atoms with Crippen molar-refractivity contribution in [3.8, 4) is 17.2 Å². The van der Waals surface area contributed by atoms with Gasteiger partial charge in [0.25, 0.3) is 0 Å². The van der Waals surface area contributed by atoms with Gasteiger partial charge in [0.05, 0.1) is 67.8 Å². The Morgan fingerprint density at radius 1 is 0.735 bits per heavy atom. The molecule has 14 atom stereocenters. The summed E-state index contributed by atoms with van der Waals surface area (Å²) in [5, 5.41) is 114. The van der Waals surface area contributed by atoms with E-state index in [1.54, 1.807) is 13.8 Å². The highest BCUT2D eigenvalue weighted by molar-refractivity contribution is 6.31. The van der Waals surface area contributed by atoms with E-state index in [1.807, 2.05) is 0 Å². The SMILES string of the molecule is COc1cccc2c1C(=O)c1c(O)c3c(c(O)c1C2=O)C[C@@](O)(C(=O)CO)C[C@@H]3O[C@H]1C[C@H](NC(=O)[C@H](CC(C)C)NC(=O)[C@H](CO)NC(=O)[C@H](CCC(N)=O)NC(=O)[C@@H](NC(=O)[C@H](CO)NC(=O)[C@H](C)NC(=O)[C@@H]2C[C@@H](O)CN2C(=O)CCC(=O)O)C2CCCCC2)[C@H](O)[C@H](C)O1. The van der Waals surface area contributed by atoms with E-state index in [-0.39, 0.29) is 53.3 Å². The Hall–Kier alpha value is -8.77. The third kappa shape index (κ3) is 17.7. The fourth-order valence-electron chi connectivity index (χ4n) is 13.1. The number of rotatable bonds is 30. The van der Waals surface area contributed by atoms with E-state index in [9.17, 15) is 103 Å². The Bertz CT molecular complexity index is 3410. The number of nitrogens with one attached hydrogen (secondary N) is 7. The molecule has 2 saturated heterocycles. The maximum atomic E-state index is 14.4. The summed E-state index contributed by atoms with van der Waals surface area (Å²) in [5.41, 5.74) is 0.548. The first-order chi connectivity index (χ1) is 46.3. The quantitative estimate of drug-likeness (QED) is 0.0281. The number of fused-ring (bicyclic) bond motifs is 3.